The monoisotopic (exact) mass is 426 g/mol. The molecule has 0 aliphatic carbocycles. The van der Waals surface area contributed by atoms with E-state index in [1.807, 2.05) is 91.9 Å². The fraction of sp³-hybridized carbons (Fsp3) is 0.0714. The van der Waals surface area contributed by atoms with Gasteiger partial charge in [0.2, 0.25) is 0 Å². The molecule has 31 heavy (non-hydrogen) atoms. The fourth-order valence-electron chi connectivity index (χ4n) is 3.95. The summed E-state index contributed by atoms with van der Waals surface area (Å²) < 4.78 is 28.9. The lowest BCUT2D eigenvalue weighted by Gasteiger charge is -2.31. The molecule has 4 aromatic carbocycles. The van der Waals surface area contributed by atoms with E-state index in [0.717, 1.165) is 32.9 Å². The summed E-state index contributed by atoms with van der Waals surface area (Å²) in [6.07, 6.45) is 0. The maximum Gasteiger partial charge on any atom is 0.154 e. The van der Waals surface area contributed by atoms with Crippen molar-refractivity contribution in [3.05, 3.63) is 138 Å². The summed E-state index contributed by atoms with van der Waals surface area (Å²) in [7, 11) is -3.23. The van der Waals surface area contributed by atoms with Gasteiger partial charge in [-0.3, -0.25) is 0 Å². The molecule has 0 saturated heterocycles. The number of halogens is 1. The van der Waals surface area contributed by atoms with E-state index in [-0.39, 0.29) is 5.82 Å². The van der Waals surface area contributed by atoms with Gasteiger partial charge in [-0.15, -0.1) is 0 Å². The molecule has 0 radical (unpaired) electrons. The van der Waals surface area contributed by atoms with Crippen LogP contribution in [-0.2, 0) is 4.57 Å². The molecule has 154 valence electrons. The SMILES string of the molecule is C=C(c1ccc(C)cc1)C(c1ccc(F)cc1)P(=O)(c1ccccc1)c1ccccc1. The van der Waals surface area contributed by atoms with Gasteiger partial charge >= 0.3 is 0 Å². The smallest absolute Gasteiger partial charge is 0.154 e. The van der Waals surface area contributed by atoms with Gasteiger partial charge in [-0.05, 0) is 35.8 Å². The lowest BCUT2D eigenvalue weighted by Crippen LogP contribution is -2.22. The van der Waals surface area contributed by atoms with Crippen molar-refractivity contribution >= 4 is 23.3 Å². The van der Waals surface area contributed by atoms with Crippen molar-refractivity contribution in [2.75, 3.05) is 0 Å². The van der Waals surface area contributed by atoms with Crippen LogP contribution >= 0.6 is 7.14 Å². The van der Waals surface area contributed by atoms with Gasteiger partial charge in [-0.2, -0.15) is 0 Å². The van der Waals surface area contributed by atoms with E-state index >= 15 is 4.57 Å². The first-order chi connectivity index (χ1) is 15.0. The van der Waals surface area contributed by atoms with Crippen LogP contribution in [-0.4, -0.2) is 0 Å². The van der Waals surface area contributed by atoms with Gasteiger partial charge in [0.25, 0.3) is 0 Å². The van der Waals surface area contributed by atoms with E-state index in [1.165, 1.54) is 12.1 Å². The molecule has 0 aliphatic heterocycles. The van der Waals surface area contributed by atoms with Gasteiger partial charge < -0.3 is 4.57 Å². The molecule has 3 heteroatoms. The topological polar surface area (TPSA) is 17.1 Å². The van der Waals surface area contributed by atoms with Gasteiger partial charge in [0, 0.05) is 10.6 Å². The largest absolute Gasteiger partial charge is 0.313 e. The molecule has 0 N–H and O–H groups in total. The second kappa shape index (κ2) is 8.88. The van der Waals surface area contributed by atoms with Crippen molar-refractivity contribution in [2.45, 2.75) is 12.6 Å². The number of benzene rings is 4. The second-order valence-electron chi connectivity index (χ2n) is 7.67. The zero-order valence-corrected chi connectivity index (χ0v) is 18.3. The van der Waals surface area contributed by atoms with Gasteiger partial charge in [0.05, 0.1) is 5.66 Å². The van der Waals surface area contributed by atoms with Gasteiger partial charge in [-0.1, -0.05) is 109 Å². The van der Waals surface area contributed by atoms with Crippen molar-refractivity contribution in [1.82, 2.24) is 0 Å². The molecule has 0 amide bonds. The minimum Gasteiger partial charge on any atom is -0.313 e. The summed E-state index contributed by atoms with van der Waals surface area (Å²) >= 11 is 0. The minimum absolute atomic E-state index is 0.322. The highest BCUT2D eigenvalue weighted by molar-refractivity contribution is 7.79. The average molecular weight is 426 g/mol. The number of hydrogen-bond donors (Lipinski definition) is 0. The van der Waals surface area contributed by atoms with Crippen LogP contribution in [0.5, 0.6) is 0 Å². The molecule has 1 unspecified atom stereocenters. The molecule has 1 nitrogen and oxygen atoms in total. The van der Waals surface area contributed by atoms with Crippen LogP contribution in [0.4, 0.5) is 4.39 Å². The lowest BCUT2D eigenvalue weighted by atomic mass is 9.98. The van der Waals surface area contributed by atoms with Crippen molar-refractivity contribution in [1.29, 1.82) is 0 Å². The van der Waals surface area contributed by atoms with Crippen LogP contribution in [0.1, 0.15) is 22.3 Å². The zero-order valence-electron chi connectivity index (χ0n) is 17.4. The number of rotatable bonds is 6. The highest BCUT2D eigenvalue weighted by Gasteiger charge is 2.39. The van der Waals surface area contributed by atoms with E-state index in [4.69, 9.17) is 0 Å². The Kier molecular flexibility index (Phi) is 6.02. The molecule has 4 aromatic rings. The predicted octanol–water partition coefficient (Wildman–Crippen LogP) is 6.90. The molecule has 1 atom stereocenters. The third-order valence-electron chi connectivity index (χ3n) is 5.58. The molecule has 0 heterocycles. The molecular weight excluding hydrogens is 402 g/mol. The number of allylic oxidation sites excluding steroid dienone is 1. The van der Waals surface area contributed by atoms with Crippen LogP contribution in [0.15, 0.2) is 116 Å². The Morgan fingerprint density at radius 3 is 1.71 bits per heavy atom. The zero-order chi connectivity index (χ0) is 21.8. The Hall–Kier alpha value is -3.22. The van der Waals surface area contributed by atoms with Crippen molar-refractivity contribution < 1.29 is 8.96 Å². The Bertz CT molecular complexity index is 1170. The van der Waals surface area contributed by atoms with Crippen molar-refractivity contribution in [3.8, 4) is 0 Å². The number of aryl methyl sites for hydroxylation is 1. The summed E-state index contributed by atoms with van der Waals surface area (Å²) in [5, 5.41) is 1.51. The lowest BCUT2D eigenvalue weighted by molar-refractivity contribution is 0.584. The quantitative estimate of drug-likeness (QED) is 0.306. The van der Waals surface area contributed by atoms with Crippen LogP contribution < -0.4 is 10.6 Å². The maximum absolute atomic E-state index is 15.1. The number of hydrogen-bond acceptors (Lipinski definition) is 1. The third kappa shape index (κ3) is 4.17. The summed E-state index contributed by atoms with van der Waals surface area (Å²) in [4.78, 5) is 0. The van der Waals surface area contributed by atoms with E-state index in [1.54, 1.807) is 12.1 Å². The Morgan fingerprint density at radius 1 is 0.742 bits per heavy atom. The van der Waals surface area contributed by atoms with Gasteiger partial charge in [0.15, 0.2) is 7.14 Å². The molecule has 0 aliphatic rings. The first-order valence-corrected chi connectivity index (χ1v) is 12.0. The normalized spacial score (nSPS) is 12.3. The predicted molar refractivity (Wildman–Crippen MR) is 129 cm³/mol. The van der Waals surface area contributed by atoms with Gasteiger partial charge in [-0.25, -0.2) is 4.39 Å². The fourth-order valence-corrected chi connectivity index (χ4v) is 7.25. The maximum atomic E-state index is 15.1. The van der Waals surface area contributed by atoms with E-state index in [0.29, 0.717) is 0 Å². The summed E-state index contributed by atoms with van der Waals surface area (Å²) in [6.45, 7) is 6.44. The Labute approximate surface area is 183 Å². The van der Waals surface area contributed by atoms with E-state index < -0.39 is 12.8 Å². The summed E-state index contributed by atoms with van der Waals surface area (Å²) in [5.74, 6) is -0.322. The Morgan fingerprint density at radius 2 is 1.23 bits per heavy atom. The van der Waals surface area contributed by atoms with Gasteiger partial charge in [0.1, 0.15) is 5.82 Å². The van der Waals surface area contributed by atoms with Crippen molar-refractivity contribution in [2.24, 2.45) is 0 Å². The third-order valence-corrected chi connectivity index (χ3v) is 9.05. The van der Waals surface area contributed by atoms with E-state index in [9.17, 15) is 4.39 Å². The van der Waals surface area contributed by atoms with Crippen molar-refractivity contribution in [3.63, 3.8) is 0 Å². The summed E-state index contributed by atoms with van der Waals surface area (Å²) in [5.41, 5.74) is 3.07. The highest BCUT2D eigenvalue weighted by Crippen LogP contribution is 2.61. The first kappa shape index (κ1) is 21.0. The molecular formula is C28H24FOP. The highest BCUT2D eigenvalue weighted by atomic mass is 31.2. The van der Waals surface area contributed by atoms with E-state index in [2.05, 4.69) is 6.58 Å². The average Bonchev–Trinajstić information content (AvgIpc) is 2.82. The second-order valence-corrected chi connectivity index (χ2v) is 10.5. The molecule has 0 fully saturated rings. The van der Waals surface area contributed by atoms with Crippen LogP contribution in [0, 0.1) is 12.7 Å². The molecule has 0 saturated carbocycles. The minimum atomic E-state index is -3.23. The van der Waals surface area contributed by atoms with Crippen LogP contribution in [0.25, 0.3) is 5.57 Å². The van der Waals surface area contributed by atoms with Crippen LogP contribution in [0.2, 0.25) is 0 Å². The Balaban J connectivity index is 1.99. The molecule has 0 bridgehead atoms. The molecule has 0 aromatic heterocycles. The summed E-state index contributed by atoms with van der Waals surface area (Å²) in [6, 6.07) is 33.4. The van der Waals surface area contributed by atoms with Crippen LogP contribution in [0.3, 0.4) is 0 Å². The molecule has 0 spiro atoms. The standard InChI is InChI=1S/C28H24FOP/c1-21-13-15-23(16-14-21)22(2)28(24-17-19-25(29)20-18-24)31(30,26-9-5-3-6-10-26)27-11-7-4-8-12-27/h3-20,28H,2H2,1H3. The first-order valence-electron chi connectivity index (χ1n) is 10.2. The molecule has 4 rings (SSSR count).